The van der Waals surface area contributed by atoms with E-state index in [0.29, 0.717) is 51.0 Å². The second kappa shape index (κ2) is 25.7. The Hall–Kier alpha value is -8.02. The molecule has 23 heteroatoms. The average molecular weight is 1150 g/mol. The maximum atomic E-state index is 14.0. The van der Waals surface area contributed by atoms with E-state index < -0.39 is 57.5 Å². The summed E-state index contributed by atoms with van der Waals surface area (Å²) < 4.78 is 138. The molecule has 0 saturated carbocycles. The fourth-order valence-corrected chi connectivity index (χ4v) is 8.31. The van der Waals surface area contributed by atoms with E-state index in [1.807, 2.05) is 0 Å². The number of halogens is 9. The van der Waals surface area contributed by atoms with Gasteiger partial charge in [-0.1, -0.05) is 22.0 Å². The van der Waals surface area contributed by atoms with Crippen LogP contribution in [0.2, 0.25) is 0 Å². The monoisotopic (exact) mass is 1140 g/mol. The maximum absolute atomic E-state index is 14.0. The van der Waals surface area contributed by atoms with Gasteiger partial charge in [0.05, 0.1) is 52.8 Å². The number of aromatic nitrogens is 2. The number of aliphatic hydroxyl groups is 2. The highest BCUT2D eigenvalue weighted by Gasteiger charge is 2.34. The highest BCUT2D eigenvalue weighted by Crippen LogP contribution is 2.40. The Morgan fingerprint density at radius 2 is 1.03 bits per heavy atom. The molecule has 2 atom stereocenters. The standard InChI is InChI=1S/C27H24F4N2O5.C18H12BrF4NO2.C9H13NO3/c1-36-18-11-17(12-19(13-18)38-8-7-34)33-25(20-5-4-16(28)10-24(20)37-2)26(35)22-14-32-23-6-3-15(9-21(22)23)27(29,30)31;1-26-15-7-10(20)3-4-11(15)16(19)17(25)13-8-24-14-5-2-9(6-12(13)14)18(21,22)23;1-12-8-4-7(10)5-9(6-8)13-3-2-11/h3-6,9-14,25,32-34H,7-8H2,1-2H3;2-8,16,24H,1H3;4-6,11H,2-3,10H2,1H3. The first-order valence-corrected chi connectivity index (χ1v) is 23.7. The lowest BCUT2D eigenvalue weighted by atomic mass is 9.95. The zero-order chi connectivity index (χ0) is 56.2. The van der Waals surface area contributed by atoms with Crippen LogP contribution in [0.1, 0.15) is 53.8 Å². The Bertz CT molecular complexity index is 3330. The number of carbonyl (C=O) groups is 2. The summed E-state index contributed by atoms with van der Waals surface area (Å²) in [7, 11) is 5.65. The van der Waals surface area contributed by atoms with Crippen molar-refractivity contribution in [2.75, 3.05) is 65.9 Å². The van der Waals surface area contributed by atoms with Gasteiger partial charge >= 0.3 is 12.4 Å². The SMILES string of the molecule is COc1cc(F)ccc1C(Br)C(=O)c1c[nH]c2ccc(C(F)(F)F)cc12.COc1cc(N)cc(OCCO)c1.COc1cc(NC(C(=O)c2c[nH]c3ccc(C(F)(F)F)cc23)c2ccc(F)cc2OC)cc(OCCO)c1. The van der Waals surface area contributed by atoms with Crippen LogP contribution in [0.4, 0.5) is 46.5 Å². The van der Waals surface area contributed by atoms with Crippen molar-refractivity contribution >= 4 is 60.7 Å². The molecule has 0 fully saturated rings. The minimum absolute atomic E-state index is 0.00497. The van der Waals surface area contributed by atoms with Crippen molar-refractivity contribution in [3.63, 3.8) is 0 Å². The van der Waals surface area contributed by atoms with Crippen LogP contribution in [0.25, 0.3) is 21.8 Å². The first-order chi connectivity index (χ1) is 36.6. The van der Waals surface area contributed by atoms with Crippen LogP contribution in [0, 0.1) is 11.6 Å². The van der Waals surface area contributed by atoms with Crippen LogP contribution in [0.3, 0.4) is 0 Å². The van der Waals surface area contributed by atoms with Gasteiger partial charge in [0.1, 0.15) is 70.2 Å². The summed E-state index contributed by atoms with van der Waals surface area (Å²) in [6, 6.07) is 22.2. The highest BCUT2D eigenvalue weighted by atomic mass is 79.9. The number of ketones is 2. The number of aromatic amines is 2. The van der Waals surface area contributed by atoms with E-state index in [0.717, 1.165) is 42.5 Å². The summed E-state index contributed by atoms with van der Waals surface area (Å²) in [6.07, 6.45) is -6.43. The lowest BCUT2D eigenvalue weighted by Gasteiger charge is -2.22. The Kier molecular flexibility index (Phi) is 19.4. The van der Waals surface area contributed by atoms with Crippen molar-refractivity contribution in [2.45, 2.75) is 23.2 Å². The fourth-order valence-electron chi connectivity index (χ4n) is 7.68. The van der Waals surface area contributed by atoms with Gasteiger partial charge in [0.15, 0.2) is 11.6 Å². The summed E-state index contributed by atoms with van der Waals surface area (Å²) >= 11 is 3.24. The first kappa shape index (κ1) is 58.2. The Balaban J connectivity index is 0.000000211. The van der Waals surface area contributed by atoms with E-state index >= 15 is 0 Å². The van der Waals surface area contributed by atoms with Crippen LogP contribution in [0.5, 0.6) is 34.5 Å². The van der Waals surface area contributed by atoms with Crippen LogP contribution >= 0.6 is 15.9 Å². The van der Waals surface area contributed by atoms with Gasteiger partial charge in [-0.15, -0.1) is 0 Å². The molecule has 0 saturated heterocycles. The molecule has 77 heavy (non-hydrogen) atoms. The topological polar surface area (TPSA) is 200 Å². The summed E-state index contributed by atoms with van der Waals surface area (Å²) in [5, 5.41) is 20.9. The number of benzene rings is 6. The number of nitrogens with one attached hydrogen (secondary N) is 3. The molecule has 0 spiro atoms. The Morgan fingerprint density at radius 1 is 0.584 bits per heavy atom. The van der Waals surface area contributed by atoms with Gasteiger partial charge in [-0.05, 0) is 54.6 Å². The van der Waals surface area contributed by atoms with E-state index in [2.05, 4.69) is 31.2 Å². The summed E-state index contributed by atoms with van der Waals surface area (Å²) in [6.45, 7) is 0.0235. The van der Waals surface area contributed by atoms with Gasteiger partial charge in [0, 0.05) is 116 Å². The average Bonchev–Trinajstić information content (AvgIpc) is 4.07. The predicted octanol–water partition coefficient (Wildman–Crippen LogP) is 12.1. The summed E-state index contributed by atoms with van der Waals surface area (Å²) in [5.41, 5.74) is 6.24. The first-order valence-electron chi connectivity index (χ1n) is 22.8. The third-order valence-corrected chi connectivity index (χ3v) is 12.2. The maximum Gasteiger partial charge on any atom is 0.416 e. The molecule has 408 valence electrons. The van der Waals surface area contributed by atoms with Crippen LogP contribution in [-0.4, -0.2) is 86.6 Å². The van der Waals surface area contributed by atoms with E-state index in [4.69, 9.17) is 44.4 Å². The van der Waals surface area contributed by atoms with Gasteiger partial charge in [0.2, 0.25) is 0 Å². The third-order valence-electron chi connectivity index (χ3n) is 11.3. The number of nitrogens with two attached hydrogens (primary N) is 1. The number of nitrogen functional groups attached to an aromatic ring is 1. The zero-order valence-electron chi connectivity index (χ0n) is 41.2. The Morgan fingerprint density at radius 3 is 1.51 bits per heavy atom. The molecule has 0 aliphatic carbocycles. The molecule has 0 bridgehead atoms. The number of ether oxygens (including phenoxy) is 6. The molecule has 2 heterocycles. The van der Waals surface area contributed by atoms with Gasteiger partial charge in [-0.25, -0.2) is 8.78 Å². The molecule has 14 nitrogen and oxygen atoms in total. The molecule has 0 aliphatic heterocycles. The Labute approximate surface area is 442 Å². The smallest absolute Gasteiger partial charge is 0.416 e. The summed E-state index contributed by atoms with van der Waals surface area (Å²) in [5.74, 6) is -0.00975. The summed E-state index contributed by atoms with van der Waals surface area (Å²) in [4.78, 5) is 31.5. The number of rotatable bonds is 18. The van der Waals surface area contributed by atoms with E-state index in [1.165, 1.54) is 64.1 Å². The lowest BCUT2D eigenvalue weighted by Crippen LogP contribution is -2.22. The van der Waals surface area contributed by atoms with Gasteiger partial charge in [0.25, 0.3) is 0 Å². The third kappa shape index (κ3) is 14.7. The number of Topliss-reactive ketones (excluding diaryl/α,β-unsaturated/α-hetero) is 2. The molecular weight excluding hydrogens is 1100 g/mol. The van der Waals surface area contributed by atoms with E-state index in [-0.39, 0.29) is 65.4 Å². The van der Waals surface area contributed by atoms with Crippen LogP contribution < -0.4 is 39.5 Å². The van der Waals surface area contributed by atoms with Gasteiger partial charge in [-0.3, -0.25) is 9.59 Å². The van der Waals surface area contributed by atoms with E-state index in [1.54, 1.807) is 43.5 Å². The van der Waals surface area contributed by atoms with Crippen molar-refractivity contribution in [3.05, 3.63) is 167 Å². The number of methoxy groups -OCH3 is 4. The zero-order valence-corrected chi connectivity index (χ0v) is 42.8. The minimum atomic E-state index is -4.60. The van der Waals surface area contributed by atoms with E-state index in [9.17, 15) is 44.7 Å². The largest absolute Gasteiger partial charge is 0.497 e. The molecule has 2 unspecified atom stereocenters. The predicted molar refractivity (Wildman–Crippen MR) is 275 cm³/mol. The normalized spacial score (nSPS) is 12.1. The second-order valence-corrected chi connectivity index (χ2v) is 17.3. The molecule has 7 N–H and O–H groups in total. The van der Waals surface area contributed by atoms with Crippen LogP contribution in [-0.2, 0) is 12.4 Å². The number of alkyl halides is 7. The molecule has 8 aromatic rings. The molecule has 0 radical (unpaired) electrons. The van der Waals surface area contributed by atoms with Gasteiger partial charge in [-0.2, -0.15) is 26.3 Å². The second-order valence-electron chi connectivity index (χ2n) is 16.3. The number of carbonyl (C=O) groups excluding carboxylic acids is 2. The lowest BCUT2D eigenvalue weighted by molar-refractivity contribution is -0.138. The minimum Gasteiger partial charge on any atom is -0.497 e. The van der Waals surface area contributed by atoms with Crippen molar-refractivity contribution in [1.82, 2.24) is 9.97 Å². The number of anilines is 2. The van der Waals surface area contributed by atoms with Crippen molar-refractivity contribution in [3.8, 4) is 34.5 Å². The number of H-pyrrole nitrogens is 2. The molecule has 6 aromatic carbocycles. The molecular formula is C54H49BrF8N4O10. The van der Waals surface area contributed by atoms with Crippen molar-refractivity contribution in [2.24, 2.45) is 0 Å². The molecule has 0 amide bonds. The molecule has 0 aliphatic rings. The quantitative estimate of drug-likeness (QED) is 0.0206. The molecule has 2 aromatic heterocycles. The van der Waals surface area contributed by atoms with Crippen LogP contribution in [0.15, 0.2) is 122 Å². The number of aliphatic hydroxyl groups excluding tert-OH is 2. The number of fused-ring (bicyclic) bond motifs is 2. The highest BCUT2D eigenvalue weighted by molar-refractivity contribution is 9.09. The number of hydrogen-bond acceptors (Lipinski definition) is 12. The van der Waals surface area contributed by atoms with Gasteiger partial charge < -0.3 is 59.7 Å². The van der Waals surface area contributed by atoms with Crippen molar-refractivity contribution in [1.29, 1.82) is 0 Å². The fraction of sp³-hybridized carbons (Fsp3) is 0.222. The van der Waals surface area contributed by atoms with Crippen molar-refractivity contribution < 1.29 is 83.3 Å². The molecule has 8 rings (SSSR count). The number of hydrogen-bond donors (Lipinski definition) is 6.